The summed E-state index contributed by atoms with van der Waals surface area (Å²) in [6.07, 6.45) is 0. The van der Waals surface area contributed by atoms with Gasteiger partial charge in [-0.25, -0.2) is 8.42 Å². The summed E-state index contributed by atoms with van der Waals surface area (Å²) in [4.78, 5) is 12.1. The summed E-state index contributed by atoms with van der Waals surface area (Å²) < 4.78 is 25.7. The van der Waals surface area contributed by atoms with E-state index in [2.05, 4.69) is 0 Å². The molecule has 0 aliphatic heterocycles. The summed E-state index contributed by atoms with van der Waals surface area (Å²) in [5.41, 5.74) is 0.0958. The van der Waals surface area contributed by atoms with Crippen molar-refractivity contribution in [2.45, 2.75) is 4.90 Å². The van der Waals surface area contributed by atoms with Crippen LogP contribution in [-0.2, 0) is 10.0 Å². The number of hydrogen-bond acceptors (Lipinski definition) is 5. The number of sulfonamides is 1. The van der Waals surface area contributed by atoms with E-state index in [9.17, 15) is 23.4 Å². The Balaban J connectivity index is 2.20. The van der Waals surface area contributed by atoms with Gasteiger partial charge in [0, 0.05) is 17.6 Å². The highest BCUT2D eigenvalue weighted by Gasteiger charge is 2.23. The minimum absolute atomic E-state index is 0.0192. The summed E-state index contributed by atoms with van der Waals surface area (Å²) in [7, 11) is -2.56. The molecule has 0 amide bonds. The molecule has 6 nitrogen and oxygen atoms in total. The molecular weight excluding hydrogens is 342 g/mol. The second-order valence-electron chi connectivity index (χ2n) is 4.84. The number of likely N-dealkylation sites (N-methyl/N-ethyl adjacent to an activating group) is 1. The van der Waals surface area contributed by atoms with Crippen molar-refractivity contribution in [3.63, 3.8) is 0 Å². The van der Waals surface area contributed by atoms with Crippen LogP contribution in [0.25, 0.3) is 0 Å². The lowest BCUT2D eigenvalue weighted by molar-refractivity contribution is 0.0972. The maximum Gasteiger partial charge on any atom is 0.243 e. The first-order valence-corrected chi connectivity index (χ1v) is 8.30. The number of benzene rings is 2. The first kappa shape index (κ1) is 17.3. The summed E-state index contributed by atoms with van der Waals surface area (Å²) in [6, 6.07) is 9.15. The van der Waals surface area contributed by atoms with Gasteiger partial charge in [-0.1, -0.05) is 11.6 Å². The summed E-state index contributed by atoms with van der Waals surface area (Å²) in [6.45, 7) is -0.408. The molecule has 0 heterocycles. The van der Waals surface area contributed by atoms with E-state index in [1.165, 1.54) is 37.4 Å². The molecule has 2 aromatic carbocycles. The van der Waals surface area contributed by atoms with Gasteiger partial charge in [0.15, 0.2) is 17.3 Å². The first-order chi connectivity index (χ1) is 10.7. The van der Waals surface area contributed by atoms with Crippen LogP contribution in [0.5, 0.6) is 11.5 Å². The number of Topliss-reactive ketones (excluding diaryl/α,β-unsaturated/α-hetero) is 1. The van der Waals surface area contributed by atoms with Crippen LogP contribution in [0.4, 0.5) is 0 Å². The molecule has 0 saturated heterocycles. The molecule has 23 heavy (non-hydrogen) atoms. The van der Waals surface area contributed by atoms with Crippen molar-refractivity contribution in [3.8, 4) is 11.5 Å². The van der Waals surface area contributed by atoms with Gasteiger partial charge in [-0.3, -0.25) is 4.79 Å². The molecule has 0 aliphatic rings. The Kier molecular flexibility index (Phi) is 4.93. The molecule has 0 atom stereocenters. The maximum atomic E-state index is 12.4. The number of rotatable bonds is 5. The summed E-state index contributed by atoms with van der Waals surface area (Å²) >= 11 is 5.73. The predicted octanol–water partition coefficient (Wildman–Crippen LogP) is 2.25. The van der Waals surface area contributed by atoms with E-state index < -0.39 is 28.1 Å². The van der Waals surface area contributed by atoms with E-state index >= 15 is 0 Å². The SMILES string of the molecule is CN(CC(=O)c1ccc(O)c(O)c1)S(=O)(=O)c1ccc(Cl)cc1. The Bertz CT molecular complexity index is 833. The summed E-state index contributed by atoms with van der Waals surface area (Å²) in [5, 5.41) is 19.0. The van der Waals surface area contributed by atoms with Crippen LogP contribution in [0.2, 0.25) is 5.02 Å². The minimum atomic E-state index is -3.84. The van der Waals surface area contributed by atoms with Crippen LogP contribution in [0.3, 0.4) is 0 Å². The monoisotopic (exact) mass is 355 g/mol. The van der Waals surface area contributed by atoms with Crippen LogP contribution < -0.4 is 0 Å². The second-order valence-corrected chi connectivity index (χ2v) is 7.32. The van der Waals surface area contributed by atoms with Crippen molar-refractivity contribution in [3.05, 3.63) is 53.1 Å². The summed E-state index contributed by atoms with van der Waals surface area (Å²) in [5.74, 6) is -1.32. The van der Waals surface area contributed by atoms with Gasteiger partial charge < -0.3 is 10.2 Å². The van der Waals surface area contributed by atoms with E-state index in [0.29, 0.717) is 5.02 Å². The molecule has 2 rings (SSSR count). The number of carbonyl (C=O) groups excluding carboxylic acids is 1. The molecule has 122 valence electrons. The van der Waals surface area contributed by atoms with Gasteiger partial charge in [0.1, 0.15) is 0 Å². The van der Waals surface area contributed by atoms with E-state index in [4.69, 9.17) is 11.6 Å². The van der Waals surface area contributed by atoms with Crippen molar-refractivity contribution in [1.29, 1.82) is 0 Å². The van der Waals surface area contributed by atoms with Crippen molar-refractivity contribution < 1.29 is 23.4 Å². The minimum Gasteiger partial charge on any atom is -0.504 e. The van der Waals surface area contributed by atoms with Gasteiger partial charge in [-0.15, -0.1) is 0 Å². The van der Waals surface area contributed by atoms with E-state index in [-0.39, 0.29) is 16.2 Å². The number of nitrogens with zero attached hydrogens (tertiary/aromatic N) is 1. The van der Waals surface area contributed by atoms with Crippen LogP contribution >= 0.6 is 11.6 Å². The number of ketones is 1. The maximum absolute atomic E-state index is 12.4. The highest BCUT2D eigenvalue weighted by Crippen LogP contribution is 2.25. The van der Waals surface area contributed by atoms with Crippen LogP contribution in [-0.4, -0.2) is 42.3 Å². The number of carbonyl (C=O) groups is 1. The Hall–Kier alpha value is -2.09. The fourth-order valence-electron chi connectivity index (χ4n) is 1.86. The Morgan fingerprint density at radius 1 is 1.09 bits per heavy atom. The molecule has 0 saturated carbocycles. The van der Waals surface area contributed by atoms with Gasteiger partial charge >= 0.3 is 0 Å². The molecule has 0 aromatic heterocycles. The second kappa shape index (κ2) is 6.57. The van der Waals surface area contributed by atoms with Crippen molar-refractivity contribution in [1.82, 2.24) is 4.31 Å². The molecule has 2 aromatic rings. The third-order valence-electron chi connectivity index (χ3n) is 3.19. The van der Waals surface area contributed by atoms with Crippen LogP contribution in [0.15, 0.2) is 47.4 Å². The normalized spacial score (nSPS) is 11.6. The Morgan fingerprint density at radius 3 is 2.26 bits per heavy atom. The molecule has 0 bridgehead atoms. The number of hydrogen-bond donors (Lipinski definition) is 2. The molecule has 0 radical (unpaired) electrons. The lowest BCUT2D eigenvalue weighted by Crippen LogP contribution is -2.32. The third-order valence-corrected chi connectivity index (χ3v) is 5.26. The third kappa shape index (κ3) is 3.82. The number of aromatic hydroxyl groups is 2. The highest BCUT2D eigenvalue weighted by molar-refractivity contribution is 7.89. The molecule has 0 spiro atoms. The quantitative estimate of drug-likeness (QED) is 0.633. The molecular formula is C15H14ClNO5S. The van der Waals surface area contributed by atoms with Gasteiger partial charge in [-0.05, 0) is 42.5 Å². The fourth-order valence-corrected chi connectivity index (χ4v) is 3.12. The molecule has 0 aliphatic carbocycles. The lowest BCUT2D eigenvalue weighted by Gasteiger charge is -2.16. The molecule has 0 unspecified atom stereocenters. The van der Waals surface area contributed by atoms with Gasteiger partial charge in [0.05, 0.1) is 11.4 Å². The molecule has 8 heteroatoms. The van der Waals surface area contributed by atoms with E-state index in [1.54, 1.807) is 0 Å². The zero-order chi connectivity index (χ0) is 17.2. The standard InChI is InChI=1S/C15H14ClNO5S/c1-17(23(21,22)12-5-3-11(16)4-6-12)9-15(20)10-2-7-13(18)14(19)8-10/h2-8,18-19H,9H2,1H3. The average Bonchev–Trinajstić information content (AvgIpc) is 2.50. The van der Waals surface area contributed by atoms with E-state index in [1.807, 2.05) is 0 Å². The molecule has 2 N–H and O–H groups in total. The van der Waals surface area contributed by atoms with Crippen molar-refractivity contribution in [2.24, 2.45) is 0 Å². The molecule has 0 fully saturated rings. The topological polar surface area (TPSA) is 94.9 Å². The van der Waals surface area contributed by atoms with Crippen LogP contribution in [0, 0.1) is 0 Å². The zero-order valence-electron chi connectivity index (χ0n) is 12.1. The largest absolute Gasteiger partial charge is 0.504 e. The van der Waals surface area contributed by atoms with Crippen molar-refractivity contribution in [2.75, 3.05) is 13.6 Å². The Morgan fingerprint density at radius 2 is 1.70 bits per heavy atom. The number of phenolic OH excluding ortho intramolecular Hbond substituents is 2. The Labute approximate surface area is 138 Å². The predicted molar refractivity (Wildman–Crippen MR) is 85.4 cm³/mol. The van der Waals surface area contributed by atoms with Crippen molar-refractivity contribution >= 4 is 27.4 Å². The fraction of sp³-hybridized carbons (Fsp3) is 0.133. The smallest absolute Gasteiger partial charge is 0.243 e. The van der Waals surface area contributed by atoms with E-state index in [0.717, 1.165) is 16.4 Å². The number of halogens is 1. The zero-order valence-corrected chi connectivity index (χ0v) is 13.7. The lowest BCUT2D eigenvalue weighted by atomic mass is 10.1. The first-order valence-electron chi connectivity index (χ1n) is 6.49. The van der Waals surface area contributed by atoms with Gasteiger partial charge in [0.2, 0.25) is 10.0 Å². The number of phenols is 2. The average molecular weight is 356 g/mol. The highest BCUT2D eigenvalue weighted by atomic mass is 35.5. The van der Waals surface area contributed by atoms with Crippen LogP contribution in [0.1, 0.15) is 10.4 Å². The van der Waals surface area contributed by atoms with Gasteiger partial charge in [0.25, 0.3) is 0 Å². The van der Waals surface area contributed by atoms with Gasteiger partial charge in [-0.2, -0.15) is 4.31 Å².